The quantitative estimate of drug-likeness (QED) is 0.494. The highest BCUT2D eigenvalue weighted by Gasteiger charge is 2.52. The van der Waals surface area contributed by atoms with Gasteiger partial charge in [-0.1, -0.05) is 61.5 Å². The molecule has 0 bridgehead atoms. The first-order chi connectivity index (χ1) is 17.4. The lowest BCUT2D eigenvalue weighted by atomic mass is 9.83. The van der Waals surface area contributed by atoms with Crippen LogP contribution in [0.4, 0.5) is 17.1 Å². The lowest BCUT2D eigenvalue weighted by Crippen LogP contribution is -2.44. The molecule has 0 fully saturated rings. The maximum atomic E-state index is 13.7. The Morgan fingerprint density at radius 1 is 1.03 bits per heavy atom. The topological polar surface area (TPSA) is 90.3 Å². The summed E-state index contributed by atoms with van der Waals surface area (Å²) in [7, 11) is 0. The highest BCUT2D eigenvalue weighted by molar-refractivity contribution is 6.07. The number of para-hydroxylation sites is 3. The molecule has 7 heteroatoms. The van der Waals surface area contributed by atoms with Crippen LogP contribution in [0.5, 0.6) is 5.75 Å². The van der Waals surface area contributed by atoms with Gasteiger partial charge in [-0.05, 0) is 42.3 Å². The van der Waals surface area contributed by atoms with Gasteiger partial charge >= 0.3 is 0 Å². The molecule has 2 aliphatic heterocycles. The Labute approximate surface area is 209 Å². The van der Waals surface area contributed by atoms with Gasteiger partial charge in [0, 0.05) is 23.8 Å². The lowest BCUT2D eigenvalue weighted by Gasteiger charge is -2.30. The first kappa shape index (κ1) is 23.8. The largest absolute Gasteiger partial charge is 0.482 e. The van der Waals surface area contributed by atoms with E-state index >= 15 is 0 Å². The van der Waals surface area contributed by atoms with Crippen molar-refractivity contribution in [3.8, 4) is 5.75 Å². The van der Waals surface area contributed by atoms with Gasteiger partial charge in [0.1, 0.15) is 5.75 Å². The minimum absolute atomic E-state index is 0.00473. The molecule has 0 aliphatic carbocycles. The minimum Gasteiger partial charge on any atom is -0.482 e. The zero-order valence-corrected chi connectivity index (χ0v) is 20.0. The molecule has 184 valence electrons. The van der Waals surface area contributed by atoms with Gasteiger partial charge < -0.3 is 19.8 Å². The number of carbonyl (C=O) groups excluding carboxylic acids is 2. The molecule has 0 aromatic heterocycles. The summed E-state index contributed by atoms with van der Waals surface area (Å²) < 4.78 is 5.57. The predicted octanol–water partition coefficient (Wildman–Crippen LogP) is 4.05. The van der Waals surface area contributed by atoms with Crippen LogP contribution < -0.4 is 14.5 Å². The molecule has 2 heterocycles. The molecule has 2 aliphatic rings. The number of amides is 2. The molecule has 0 radical (unpaired) electrons. The molecule has 0 saturated heterocycles. The van der Waals surface area contributed by atoms with Crippen molar-refractivity contribution in [2.24, 2.45) is 5.92 Å². The van der Waals surface area contributed by atoms with E-state index in [1.807, 2.05) is 66.7 Å². The summed E-state index contributed by atoms with van der Waals surface area (Å²) in [4.78, 5) is 29.7. The van der Waals surface area contributed by atoms with Crippen molar-refractivity contribution >= 4 is 28.9 Å². The molecule has 2 atom stereocenters. The van der Waals surface area contributed by atoms with Crippen LogP contribution in [0.3, 0.4) is 0 Å². The van der Waals surface area contributed by atoms with Crippen molar-refractivity contribution in [1.82, 2.24) is 0 Å². The fourth-order valence-electron chi connectivity index (χ4n) is 4.93. The first-order valence-electron chi connectivity index (χ1n) is 12.0. The van der Waals surface area contributed by atoms with Gasteiger partial charge in [-0.25, -0.2) is 0 Å². The molecule has 0 spiro atoms. The monoisotopic (exact) mass is 484 g/mol. The van der Waals surface area contributed by atoms with E-state index in [4.69, 9.17) is 9.84 Å². The maximum absolute atomic E-state index is 13.7. The van der Waals surface area contributed by atoms with E-state index in [1.54, 1.807) is 34.9 Å². The van der Waals surface area contributed by atoms with Crippen molar-refractivity contribution in [1.29, 1.82) is 0 Å². The van der Waals surface area contributed by atoms with Gasteiger partial charge in [0.2, 0.25) is 0 Å². The number of nitrogens with zero attached hydrogens (tertiary/aromatic N) is 2. The van der Waals surface area contributed by atoms with Crippen molar-refractivity contribution < 1.29 is 24.5 Å². The van der Waals surface area contributed by atoms with Crippen LogP contribution in [-0.4, -0.2) is 35.2 Å². The number of aliphatic hydroxyl groups excluding tert-OH is 1. The van der Waals surface area contributed by atoms with Gasteiger partial charge in [-0.3, -0.25) is 14.5 Å². The molecule has 7 nitrogen and oxygen atoms in total. The first-order valence-corrected chi connectivity index (χ1v) is 12.0. The molecule has 2 N–H and O–H groups in total. The zero-order valence-electron chi connectivity index (χ0n) is 20.0. The Balaban J connectivity index is 1.47. The second-order valence-electron chi connectivity index (χ2n) is 9.06. The number of ether oxygens (including phenoxy) is 1. The summed E-state index contributed by atoms with van der Waals surface area (Å²) in [5, 5.41) is 20.8. The molecule has 2 amide bonds. The van der Waals surface area contributed by atoms with Crippen molar-refractivity contribution in [3.05, 3.63) is 96.1 Å². The molecule has 0 unspecified atom stereocenters. The van der Waals surface area contributed by atoms with E-state index in [-0.39, 0.29) is 25.7 Å². The normalized spacial score (nSPS) is 19.9. The molecule has 36 heavy (non-hydrogen) atoms. The number of rotatable bonds is 7. The highest BCUT2D eigenvalue weighted by atomic mass is 16.5. The Hall–Kier alpha value is -3.94. The molecule has 3 aromatic rings. The maximum Gasteiger partial charge on any atom is 0.269 e. The van der Waals surface area contributed by atoms with Gasteiger partial charge in [-0.15, -0.1) is 0 Å². The van der Waals surface area contributed by atoms with E-state index in [0.717, 1.165) is 5.56 Å². The third kappa shape index (κ3) is 3.96. The van der Waals surface area contributed by atoms with Gasteiger partial charge in [0.25, 0.3) is 11.8 Å². The lowest BCUT2D eigenvalue weighted by molar-refractivity contribution is -0.139. The van der Waals surface area contributed by atoms with E-state index in [0.29, 0.717) is 34.8 Å². The smallest absolute Gasteiger partial charge is 0.269 e. The number of carbonyl (C=O) groups is 2. The number of aliphatic hydroxyl groups is 2. The number of benzene rings is 3. The fraction of sp³-hybridized carbons (Fsp3) is 0.241. The number of fused-ring (bicyclic) bond motifs is 2. The Kier molecular flexibility index (Phi) is 6.35. The van der Waals surface area contributed by atoms with Crippen LogP contribution >= 0.6 is 0 Å². The summed E-state index contributed by atoms with van der Waals surface area (Å²) in [5.74, 6) is -0.426. The third-order valence-corrected chi connectivity index (χ3v) is 6.77. The summed E-state index contributed by atoms with van der Waals surface area (Å²) in [5.41, 5.74) is 1.68. The SMILES string of the molecule is C[C@H](/C=C/CCO)[C@@]1(O)C(=O)N(Cc2cccc(N3C(=O)COc4ccccc43)c2)c2ccccc21. The summed E-state index contributed by atoms with van der Waals surface area (Å²) in [6.45, 7) is 1.99. The predicted molar refractivity (Wildman–Crippen MR) is 137 cm³/mol. The van der Waals surface area contributed by atoms with E-state index in [2.05, 4.69) is 0 Å². The molecular formula is C29H28N2O5. The van der Waals surface area contributed by atoms with Gasteiger partial charge in [0.05, 0.1) is 17.9 Å². The second kappa shape index (κ2) is 9.60. The van der Waals surface area contributed by atoms with Gasteiger partial charge in [-0.2, -0.15) is 0 Å². The average Bonchev–Trinajstić information content (AvgIpc) is 3.11. The van der Waals surface area contributed by atoms with Crippen LogP contribution in [0.2, 0.25) is 0 Å². The molecule has 5 rings (SSSR count). The summed E-state index contributed by atoms with van der Waals surface area (Å²) >= 11 is 0. The van der Waals surface area contributed by atoms with Crippen LogP contribution in [0.1, 0.15) is 24.5 Å². The summed E-state index contributed by atoms with van der Waals surface area (Å²) in [6.07, 6.45) is 4.01. The Morgan fingerprint density at radius 2 is 1.78 bits per heavy atom. The van der Waals surface area contributed by atoms with E-state index in [9.17, 15) is 14.7 Å². The van der Waals surface area contributed by atoms with Gasteiger partial charge in [0.15, 0.2) is 12.2 Å². The van der Waals surface area contributed by atoms with Crippen molar-refractivity contribution in [2.75, 3.05) is 23.0 Å². The number of anilines is 3. The minimum atomic E-state index is -1.71. The average molecular weight is 485 g/mol. The fourth-order valence-corrected chi connectivity index (χ4v) is 4.93. The van der Waals surface area contributed by atoms with Crippen LogP contribution in [-0.2, 0) is 21.7 Å². The number of hydrogen-bond acceptors (Lipinski definition) is 5. The second-order valence-corrected chi connectivity index (χ2v) is 9.06. The summed E-state index contributed by atoms with van der Waals surface area (Å²) in [6, 6.07) is 22.2. The zero-order chi connectivity index (χ0) is 25.3. The highest BCUT2D eigenvalue weighted by Crippen LogP contribution is 2.46. The van der Waals surface area contributed by atoms with Crippen molar-refractivity contribution in [3.63, 3.8) is 0 Å². The Morgan fingerprint density at radius 3 is 2.58 bits per heavy atom. The van der Waals surface area contributed by atoms with E-state index < -0.39 is 17.4 Å². The van der Waals surface area contributed by atoms with Crippen LogP contribution in [0, 0.1) is 5.92 Å². The number of hydrogen-bond donors (Lipinski definition) is 2. The standard InChI is InChI=1S/C29H28N2O5/c1-20(9-6-7-16-32)29(35)23-12-2-3-13-24(23)30(28(29)34)18-21-10-8-11-22(17-21)31-25-14-4-5-15-26(25)36-19-27(31)33/h2-6,8-15,17,20,32,35H,7,16,18-19H2,1H3/b9-6+/t20-,29+/m1/s1. The molecule has 3 aromatic carbocycles. The third-order valence-electron chi connectivity index (χ3n) is 6.77. The van der Waals surface area contributed by atoms with Crippen LogP contribution in [0.25, 0.3) is 0 Å². The van der Waals surface area contributed by atoms with Crippen LogP contribution in [0.15, 0.2) is 84.9 Å². The molecule has 0 saturated carbocycles. The van der Waals surface area contributed by atoms with Crippen molar-refractivity contribution in [2.45, 2.75) is 25.5 Å². The Bertz CT molecular complexity index is 1340. The molecular weight excluding hydrogens is 456 g/mol. The van der Waals surface area contributed by atoms with E-state index in [1.165, 1.54) is 0 Å².